The van der Waals surface area contributed by atoms with E-state index >= 15 is 0 Å². The van der Waals surface area contributed by atoms with Crippen molar-refractivity contribution in [3.8, 4) is 5.75 Å². The van der Waals surface area contributed by atoms with E-state index in [1.165, 1.54) is 12.1 Å². The van der Waals surface area contributed by atoms with E-state index in [-0.39, 0.29) is 16.3 Å². The summed E-state index contributed by atoms with van der Waals surface area (Å²) in [6.45, 7) is -0.711. The van der Waals surface area contributed by atoms with Gasteiger partial charge in [0.2, 0.25) is 0 Å². The van der Waals surface area contributed by atoms with Crippen LogP contribution in [0.5, 0.6) is 5.75 Å². The van der Waals surface area contributed by atoms with Gasteiger partial charge in [-0.25, -0.2) is 13.6 Å². The Kier molecular flexibility index (Phi) is 5.13. The maximum Gasteiger partial charge on any atom is 0.342 e. The first-order valence-corrected chi connectivity index (χ1v) is 6.65. The molecule has 0 bridgehead atoms. The predicted molar refractivity (Wildman–Crippen MR) is 78.4 cm³/mol. The van der Waals surface area contributed by atoms with Crippen molar-refractivity contribution in [2.75, 3.05) is 11.9 Å². The van der Waals surface area contributed by atoms with Gasteiger partial charge in [-0.15, -0.1) is 0 Å². The minimum absolute atomic E-state index is 0.171. The molecule has 0 aromatic heterocycles. The minimum atomic E-state index is -0.958. The highest BCUT2D eigenvalue weighted by atomic mass is 35.5. The molecule has 0 aliphatic carbocycles. The molecule has 1 amide bonds. The van der Waals surface area contributed by atoms with E-state index in [2.05, 4.69) is 5.32 Å². The highest BCUT2D eigenvalue weighted by Gasteiger charge is 2.15. The number of ether oxygens (including phenoxy) is 1. The number of phenols is 1. The highest BCUT2D eigenvalue weighted by molar-refractivity contribution is 6.30. The maximum atomic E-state index is 13.4. The number of amides is 1. The summed E-state index contributed by atoms with van der Waals surface area (Å²) < 4.78 is 30.8. The first-order valence-electron chi connectivity index (χ1n) is 6.27. The Balaban J connectivity index is 1.94. The SMILES string of the molecule is O=C(COC(=O)c1ccc(Cl)cc1O)Nc1ccc(F)cc1F. The van der Waals surface area contributed by atoms with Gasteiger partial charge in [-0.2, -0.15) is 0 Å². The number of benzene rings is 2. The number of carbonyl (C=O) groups is 2. The van der Waals surface area contributed by atoms with Crippen LogP contribution in [0.3, 0.4) is 0 Å². The first-order chi connectivity index (χ1) is 10.9. The van der Waals surface area contributed by atoms with E-state index in [1.54, 1.807) is 0 Å². The van der Waals surface area contributed by atoms with Gasteiger partial charge < -0.3 is 15.2 Å². The number of esters is 1. The highest BCUT2D eigenvalue weighted by Crippen LogP contribution is 2.22. The average molecular weight is 342 g/mol. The number of nitrogens with one attached hydrogen (secondary N) is 1. The van der Waals surface area contributed by atoms with Crippen molar-refractivity contribution < 1.29 is 28.2 Å². The van der Waals surface area contributed by atoms with Crippen LogP contribution in [0.1, 0.15) is 10.4 Å². The van der Waals surface area contributed by atoms with Crippen LogP contribution in [0, 0.1) is 11.6 Å². The van der Waals surface area contributed by atoms with Crippen molar-refractivity contribution in [1.82, 2.24) is 0 Å². The quantitative estimate of drug-likeness (QED) is 0.838. The van der Waals surface area contributed by atoms with Gasteiger partial charge in [0.1, 0.15) is 22.9 Å². The third-order valence-corrected chi connectivity index (χ3v) is 2.95. The van der Waals surface area contributed by atoms with Crippen LogP contribution in [0.4, 0.5) is 14.5 Å². The normalized spacial score (nSPS) is 10.2. The topological polar surface area (TPSA) is 75.6 Å². The summed E-state index contributed by atoms with van der Waals surface area (Å²) in [5, 5.41) is 11.9. The van der Waals surface area contributed by atoms with Crippen molar-refractivity contribution in [3.63, 3.8) is 0 Å². The molecule has 0 saturated heterocycles. The number of aromatic hydroxyl groups is 1. The summed E-state index contributed by atoms with van der Waals surface area (Å²) >= 11 is 5.63. The number of halogens is 3. The van der Waals surface area contributed by atoms with Gasteiger partial charge in [-0.3, -0.25) is 4.79 Å². The second kappa shape index (κ2) is 7.06. The smallest absolute Gasteiger partial charge is 0.342 e. The first kappa shape index (κ1) is 16.7. The molecule has 8 heteroatoms. The molecule has 2 aromatic rings. The van der Waals surface area contributed by atoms with Crippen molar-refractivity contribution in [3.05, 3.63) is 58.6 Å². The second-order valence-corrected chi connectivity index (χ2v) is 4.85. The number of rotatable bonds is 4. The summed E-state index contributed by atoms with van der Waals surface area (Å²) in [5.74, 6) is -3.91. The molecule has 0 spiro atoms. The molecule has 5 nitrogen and oxygen atoms in total. The molecular weight excluding hydrogens is 332 g/mol. The van der Waals surface area contributed by atoms with Crippen LogP contribution in [0.25, 0.3) is 0 Å². The fourth-order valence-corrected chi connectivity index (χ4v) is 1.83. The number of hydrogen-bond acceptors (Lipinski definition) is 4. The van der Waals surface area contributed by atoms with Crippen molar-refractivity contribution in [1.29, 1.82) is 0 Å². The van der Waals surface area contributed by atoms with E-state index in [0.717, 1.165) is 18.2 Å². The molecule has 0 atom stereocenters. The predicted octanol–water partition coefficient (Wildman–Crippen LogP) is 3.12. The lowest BCUT2D eigenvalue weighted by Gasteiger charge is -2.08. The Hall–Kier alpha value is -2.67. The lowest BCUT2D eigenvalue weighted by Crippen LogP contribution is -2.21. The number of phenolic OH excluding ortho intramolecular Hbond substituents is 1. The molecule has 0 aliphatic rings. The molecule has 2 aromatic carbocycles. The molecule has 2 N–H and O–H groups in total. The molecule has 0 saturated carbocycles. The summed E-state index contributed by atoms with van der Waals surface area (Å²) in [6, 6.07) is 6.36. The Morgan fingerprint density at radius 3 is 2.57 bits per heavy atom. The van der Waals surface area contributed by atoms with Gasteiger partial charge in [0.05, 0.1) is 5.69 Å². The van der Waals surface area contributed by atoms with E-state index in [1.807, 2.05) is 0 Å². The van der Waals surface area contributed by atoms with Crippen LogP contribution in [0.15, 0.2) is 36.4 Å². The fraction of sp³-hybridized carbons (Fsp3) is 0.0667. The molecule has 0 radical (unpaired) electrons. The summed E-state index contributed by atoms with van der Waals surface area (Å²) in [4.78, 5) is 23.3. The van der Waals surface area contributed by atoms with Gasteiger partial charge in [0.15, 0.2) is 6.61 Å². The van der Waals surface area contributed by atoms with E-state index in [0.29, 0.717) is 6.07 Å². The number of hydrogen-bond donors (Lipinski definition) is 2. The standard InChI is InChI=1S/C15H10ClF2NO4/c16-8-1-3-10(13(20)5-8)15(22)23-7-14(21)19-12-4-2-9(17)6-11(12)18/h1-6,20H,7H2,(H,19,21). The number of anilines is 1. The Morgan fingerprint density at radius 2 is 1.91 bits per heavy atom. The van der Waals surface area contributed by atoms with Crippen LogP contribution < -0.4 is 5.32 Å². The Morgan fingerprint density at radius 1 is 1.17 bits per heavy atom. The van der Waals surface area contributed by atoms with Crippen molar-refractivity contribution in [2.45, 2.75) is 0 Å². The average Bonchev–Trinajstić information content (AvgIpc) is 2.48. The van der Waals surface area contributed by atoms with Gasteiger partial charge in [0.25, 0.3) is 5.91 Å². The third kappa shape index (κ3) is 4.40. The van der Waals surface area contributed by atoms with Gasteiger partial charge in [-0.1, -0.05) is 11.6 Å². The molecular formula is C15H10ClF2NO4. The minimum Gasteiger partial charge on any atom is -0.507 e. The molecule has 0 heterocycles. The van der Waals surface area contributed by atoms with E-state index < -0.39 is 35.9 Å². The second-order valence-electron chi connectivity index (χ2n) is 4.41. The molecule has 120 valence electrons. The zero-order chi connectivity index (χ0) is 17.0. The lowest BCUT2D eigenvalue weighted by molar-refractivity contribution is -0.119. The van der Waals surface area contributed by atoms with Crippen molar-refractivity contribution in [2.24, 2.45) is 0 Å². The Labute approximate surface area is 134 Å². The zero-order valence-electron chi connectivity index (χ0n) is 11.5. The zero-order valence-corrected chi connectivity index (χ0v) is 12.2. The summed E-state index contributed by atoms with van der Waals surface area (Å²) in [7, 11) is 0. The number of carbonyl (C=O) groups excluding carboxylic acids is 2. The summed E-state index contributed by atoms with van der Waals surface area (Å²) in [6.07, 6.45) is 0. The van der Waals surface area contributed by atoms with Crippen LogP contribution in [-0.2, 0) is 9.53 Å². The van der Waals surface area contributed by atoms with Gasteiger partial charge >= 0.3 is 5.97 Å². The third-order valence-electron chi connectivity index (χ3n) is 2.72. The molecule has 0 unspecified atom stereocenters. The lowest BCUT2D eigenvalue weighted by atomic mass is 10.2. The van der Waals surface area contributed by atoms with E-state index in [4.69, 9.17) is 16.3 Å². The molecule has 23 heavy (non-hydrogen) atoms. The monoisotopic (exact) mass is 341 g/mol. The summed E-state index contributed by atoms with van der Waals surface area (Å²) in [5.41, 5.74) is -0.419. The molecule has 2 rings (SSSR count). The van der Waals surface area contributed by atoms with Crippen molar-refractivity contribution >= 4 is 29.2 Å². The fourth-order valence-electron chi connectivity index (χ4n) is 1.66. The van der Waals surface area contributed by atoms with E-state index in [9.17, 15) is 23.5 Å². The van der Waals surface area contributed by atoms with Crippen LogP contribution in [0.2, 0.25) is 5.02 Å². The van der Waals surface area contributed by atoms with Crippen LogP contribution >= 0.6 is 11.6 Å². The Bertz CT molecular complexity index is 767. The molecule has 0 aliphatic heterocycles. The van der Waals surface area contributed by atoms with Gasteiger partial charge in [-0.05, 0) is 30.3 Å². The largest absolute Gasteiger partial charge is 0.507 e. The molecule has 0 fully saturated rings. The van der Waals surface area contributed by atoms with Gasteiger partial charge in [0, 0.05) is 11.1 Å². The van der Waals surface area contributed by atoms with Crippen LogP contribution in [-0.4, -0.2) is 23.6 Å². The maximum absolute atomic E-state index is 13.4.